The molecular weight excluding hydrogens is 629 g/mol. The number of fused-ring (bicyclic) bond motifs is 1. The van der Waals surface area contributed by atoms with Crippen LogP contribution in [0.25, 0.3) is 5.57 Å². The van der Waals surface area contributed by atoms with Gasteiger partial charge in [-0.3, -0.25) is 0 Å². The molecule has 40 heavy (non-hydrogen) atoms. The second-order valence-corrected chi connectivity index (χ2v) is 13.4. The molecule has 0 saturated carbocycles. The van der Waals surface area contributed by atoms with E-state index in [0.29, 0.717) is 6.42 Å². The second-order valence-electron chi connectivity index (χ2n) is 10.6. The van der Waals surface area contributed by atoms with Crippen molar-refractivity contribution in [1.82, 2.24) is 20.4 Å². The summed E-state index contributed by atoms with van der Waals surface area (Å²) in [6, 6.07) is 6.49. The summed E-state index contributed by atoms with van der Waals surface area (Å²) < 4.78 is 30.0. The molecule has 0 aromatic heterocycles. The van der Waals surface area contributed by atoms with Crippen molar-refractivity contribution in [2.45, 2.75) is 49.9 Å². The van der Waals surface area contributed by atoms with Gasteiger partial charge in [0.2, 0.25) is 0 Å². The van der Waals surface area contributed by atoms with Gasteiger partial charge in [0.15, 0.2) is 0 Å². The standard InChI is InChI=1S/C29H38F2IN6O2/c1-33-26-17-29(30,31)19-38(26)27(39)9-11-35-28(40)22-4-2-3-10-32-24-7-5-20(16-23(22)24)21-6-8-25(36-18-21)37-14-12-34-13-15-37/h2-3,5-7,16,18,22,25,27,34,39H,4,8-15,17,19H2,1H3,(H,35,40)/q-1/t22?,25?,27-/m1/s1. The van der Waals surface area contributed by atoms with Crippen LogP contribution in [0.5, 0.6) is 0 Å². The summed E-state index contributed by atoms with van der Waals surface area (Å²) in [6.07, 6.45) is 8.68. The number of nitrogens with one attached hydrogen (secondary N) is 2. The molecule has 4 heterocycles. The van der Waals surface area contributed by atoms with Crippen LogP contribution >= 0.6 is 0 Å². The third-order valence-electron chi connectivity index (χ3n) is 7.85. The van der Waals surface area contributed by atoms with E-state index in [1.807, 2.05) is 6.21 Å². The van der Waals surface area contributed by atoms with Crippen LogP contribution in [0.15, 0.2) is 46.4 Å². The van der Waals surface area contributed by atoms with Gasteiger partial charge in [0, 0.05) is 0 Å². The van der Waals surface area contributed by atoms with E-state index < -0.39 is 25.1 Å². The quantitative estimate of drug-likeness (QED) is 0.203. The zero-order valence-corrected chi connectivity index (χ0v) is 25.0. The molecule has 0 aliphatic carbocycles. The Hall–Kier alpha value is -2.22. The number of piperazine rings is 1. The van der Waals surface area contributed by atoms with Gasteiger partial charge in [-0.05, 0) is 0 Å². The Bertz CT molecular complexity index is 1200. The van der Waals surface area contributed by atoms with Crippen LogP contribution in [0.1, 0.15) is 42.7 Å². The summed E-state index contributed by atoms with van der Waals surface area (Å²) in [4.78, 5) is 25.9. The zero-order chi connectivity index (χ0) is 28.1. The van der Waals surface area contributed by atoms with Crippen LogP contribution in [0.2, 0.25) is 0 Å². The van der Waals surface area contributed by atoms with Gasteiger partial charge in [-0.15, -0.1) is 0 Å². The molecular formula is C29H38F2IN6O2-. The van der Waals surface area contributed by atoms with Crippen molar-refractivity contribution in [3.05, 3.63) is 51.1 Å². The number of benzene rings is 1. The molecule has 2 unspecified atom stereocenters. The predicted octanol–water partition coefficient (Wildman–Crippen LogP) is -0.728. The number of alkyl halides is 3. The molecule has 1 amide bonds. The fraction of sp³-hybridized carbons (Fsp3) is 0.552. The number of likely N-dealkylation sites (tertiary alicyclic amines) is 1. The monoisotopic (exact) mass is 667 g/mol. The van der Waals surface area contributed by atoms with Crippen LogP contribution < -0.4 is 31.8 Å². The number of allylic oxidation sites excluding steroid dienone is 3. The SMILES string of the molecule is CN=C1CC(F)(F)CN1[C@H](O)CCNC(=O)C1CC=CC[I-]c2ccc(C3=CCC(N4CCNCC4)N=C3)cc21. The Kier molecular flexibility index (Phi) is 9.64. The van der Waals surface area contributed by atoms with Gasteiger partial charge in [-0.2, -0.15) is 0 Å². The summed E-state index contributed by atoms with van der Waals surface area (Å²) in [7, 11) is 1.45. The van der Waals surface area contributed by atoms with E-state index in [-0.39, 0.29) is 58.0 Å². The molecule has 0 spiro atoms. The molecule has 8 nitrogen and oxygen atoms in total. The summed E-state index contributed by atoms with van der Waals surface area (Å²) >= 11 is -0.262. The number of rotatable bonds is 7. The Balaban J connectivity index is 1.24. The van der Waals surface area contributed by atoms with Crippen LogP contribution in [-0.4, -0.2) is 102 Å². The number of nitrogens with zero attached hydrogens (tertiary/aromatic N) is 4. The summed E-state index contributed by atoms with van der Waals surface area (Å²) in [5.74, 6) is -3.16. The topological polar surface area (TPSA) is 92.6 Å². The minimum absolute atomic E-state index is 0.109. The number of carbonyl (C=O) groups is 1. The van der Waals surface area contributed by atoms with Gasteiger partial charge in [0.1, 0.15) is 0 Å². The number of dihydropyridines is 1. The van der Waals surface area contributed by atoms with Gasteiger partial charge in [0.05, 0.1) is 0 Å². The minimum atomic E-state index is -2.90. The van der Waals surface area contributed by atoms with E-state index in [9.17, 15) is 18.7 Å². The van der Waals surface area contributed by atoms with Crippen molar-refractivity contribution < 1.29 is 39.9 Å². The van der Waals surface area contributed by atoms with Gasteiger partial charge in [-0.25, -0.2) is 0 Å². The number of hydrogen-bond donors (Lipinski definition) is 3. The number of amidine groups is 1. The molecule has 3 N–H and O–H groups in total. The van der Waals surface area contributed by atoms with E-state index in [1.165, 1.54) is 15.5 Å². The Morgan fingerprint density at radius 3 is 2.88 bits per heavy atom. The van der Waals surface area contributed by atoms with Crippen molar-refractivity contribution in [3.63, 3.8) is 0 Å². The summed E-state index contributed by atoms with van der Waals surface area (Å²) in [6.45, 7) is 3.64. The molecule has 3 atom stereocenters. The Morgan fingerprint density at radius 2 is 2.12 bits per heavy atom. The molecule has 4 aliphatic heterocycles. The normalized spacial score (nSPS) is 26.9. The molecule has 0 bridgehead atoms. The van der Waals surface area contributed by atoms with Crippen molar-refractivity contribution in [3.8, 4) is 0 Å². The first kappa shape index (κ1) is 29.3. The number of aliphatic hydroxyl groups excluding tert-OH is 1. The molecule has 1 aromatic carbocycles. The summed E-state index contributed by atoms with van der Waals surface area (Å²) in [5.41, 5.74) is 3.22. The van der Waals surface area contributed by atoms with Gasteiger partial charge < -0.3 is 0 Å². The first-order valence-electron chi connectivity index (χ1n) is 14.0. The Labute approximate surface area is 245 Å². The average Bonchev–Trinajstić information content (AvgIpc) is 3.28. The predicted molar refractivity (Wildman–Crippen MR) is 149 cm³/mol. The van der Waals surface area contributed by atoms with Crippen molar-refractivity contribution in [1.29, 1.82) is 0 Å². The van der Waals surface area contributed by atoms with Crippen LogP contribution in [0, 0.1) is 3.57 Å². The molecule has 5 rings (SSSR count). The number of aliphatic hydroxyl groups is 1. The maximum absolute atomic E-state index is 13.8. The number of aliphatic imine (C=N–C) groups is 2. The molecule has 0 radical (unpaired) electrons. The van der Waals surface area contributed by atoms with Gasteiger partial charge in [-0.1, -0.05) is 0 Å². The van der Waals surface area contributed by atoms with Gasteiger partial charge >= 0.3 is 246 Å². The van der Waals surface area contributed by atoms with Crippen molar-refractivity contribution in [2.75, 3.05) is 50.7 Å². The van der Waals surface area contributed by atoms with E-state index in [4.69, 9.17) is 4.99 Å². The fourth-order valence-electron chi connectivity index (χ4n) is 5.66. The van der Waals surface area contributed by atoms with Crippen LogP contribution in [-0.2, 0) is 4.79 Å². The second kappa shape index (κ2) is 13.2. The number of hydrogen-bond acceptors (Lipinski definition) is 6. The van der Waals surface area contributed by atoms with Crippen LogP contribution in [0.3, 0.4) is 0 Å². The van der Waals surface area contributed by atoms with E-state index in [0.717, 1.165) is 53.7 Å². The average molecular weight is 668 g/mol. The zero-order valence-electron chi connectivity index (χ0n) is 22.8. The molecule has 4 aliphatic rings. The van der Waals surface area contributed by atoms with Crippen molar-refractivity contribution >= 4 is 23.5 Å². The van der Waals surface area contributed by atoms with Gasteiger partial charge in [0.25, 0.3) is 0 Å². The molecule has 2 saturated heterocycles. The number of halogens is 3. The molecule has 2 fully saturated rings. The molecule has 1 aromatic rings. The van der Waals surface area contributed by atoms with E-state index in [2.05, 4.69) is 57.0 Å². The first-order chi connectivity index (χ1) is 19.3. The molecule has 218 valence electrons. The molecule has 11 heteroatoms. The fourth-order valence-corrected chi connectivity index (χ4v) is 8.15. The third-order valence-corrected chi connectivity index (χ3v) is 10.6. The third kappa shape index (κ3) is 6.97. The maximum atomic E-state index is 13.8. The van der Waals surface area contributed by atoms with Crippen LogP contribution in [0.4, 0.5) is 8.78 Å². The first-order valence-corrected chi connectivity index (χ1v) is 16.6. The van der Waals surface area contributed by atoms with E-state index >= 15 is 0 Å². The van der Waals surface area contributed by atoms with Crippen molar-refractivity contribution in [2.24, 2.45) is 9.98 Å². The number of carbonyl (C=O) groups excluding carboxylic acids is 1. The van der Waals surface area contributed by atoms with E-state index in [1.54, 1.807) is 0 Å². The Morgan fingerprint density at radius 1 is 1.30 bits per heavy atom. The number of amides is 1. The summed E-state index contributed by atoms with van der Waals surface area (Å²) in [5, 5.41) is 16.9.